The van der Waals surface area contributed by atoms with Crippen LogP contribution in [-0.4, -0.2) is 47.7 Å². The Morgan fingerprint density at radius 1 is 1.08 bits per heavy atom. The van der Waals surface area contributed by atoms with Crippen molar-refractivity contribution < 1.29 is 13.2 Å². The van der Waals surface area contributed by atoms with Gasteiger partial charge >= 0.3 is 0 Å². The molecule has 1 heterocycles. The fraction of sp³-hybridized carbons (Fsp3) is 0.353. The van der Waals surface area contributed by atoms with Gasteiger partial charge in [-0.15, -0.1) is 11.3 Å². The van der Waals surface area contributed by atoms with E-state index in [9.17, 15) is 8.42 Å². The lowest BCUT2D eigenvalue weighted by Crippen LogP contribution is -2.42. The van der Waals surface area contributed by atoms with Crippen molar-refractivity contribution in [3.05, 3.63) is 53.4 Å². The van der Waals surface area contributed by atoms with E-state index in [1.165, 1.54) is 11.3 Å². The van der Waals surface area contributed by atoms with Crippen LogP contribution in [0.3, 0.4) is 0 Å². The molecule has 0 aliphatic rings. The van der Waals surface area contributed by atoms with Gasteiger partial charge in [0.05, 0.1) is 13.2 Å². The van der Waals surface area contributed by atoms with E-state index in [-0.39, 0.29) is 6.54 Å². The Kier molecular flexibility index (Phi) is 8.56. The van der Waals surface area contributed by atoms with Gasteiger partial charge in [-0.25, -0.2) is 13.1 Å². The Morgan fingerprint density at radius 2 is 1.85 bits per heavy atom. The van der Waals surface area contributed by atoms with Gasteiger partial charge in [0.25, 0.3) is 0 Å². The maximum absolute atomic E-state index is 12.0. The highest BCUT2D eigenvalue weighted by molar-refractivity contribution is 7.91. The Balaban J connectivity index is 1.58. The third-order valence-corrected chi connectivity index (χ3v) is 6.20. The maximum Gasteiger partial charge on any atom is 0.250 e. The molecule has 0 radical (unpaired) electrons. The van der Waals surface area contributed by atoms with Gasteiger partial charge in [-0.1, -0.05) is 36.4 Å². The van der Waals surface area contributed by atoms with Crippen molar-refractivity contribution in [1.29, 1.82) is 0 Å². The Morgan fingerprint density at radius 3 is 2.54 bits per heavy atom. The van der Waals surface area contributed by atoms with Crippen molar-refractivity contribution in [2.75, 3.05) is 33.3 Å². The molecule has 0 spiro atoms. The lowest BCUT2D eigenvalue weighted by Gasteiger charge is -2.12. The summed E-state index contributed by atoms with van der Waals surface area (Å²) in [5.74, 6) is 0.601. The molecule has 0 saturated heterocycles. The lowest BCUT2D eigenvalue weighted by molar-refractivity contribution is 0.125. The summed E-state index contributed by atoms with van der Waals surface area (Å²) >= 11 is 1.19. The predicted octanol–water partition coefficient (Wildman–Crippen LogP) is 1.41. The van der Waals surface area contributed by atoms with Gasteiger partial charge in [-0.05, 0) is 17.0 Å². The lowest BCUT2D eigenvalue weighted by atomic mass is 10.2. The molecular formula is C17H24N4O3S2. The molecule has 1 aromatic carbocycles. The number of nitrogens with zero attached hydrogens (tertiary/aromatic N) is 1. The second-order valence-corrected chi connectivity index (χ2v) is 8.24. The van der Waals surface area contributed by atoms with Crippen molar-refractivity contribution in [3.63, 3.8) is 0 Å². The first-order valence-electron chi connectivity index (χ1n) is 8.21. The molecule has 0 aliphatic heterocycles. The number of hydrogen-bond acceptors (Lipinski definition) is 5. The molecule has 7 nitrogen and oxygen atoms in total. The Bertz CT molecular complexity index is 763. The van der Waals surface area contributed by atoms with Crippen LogP contribution in [0.1, 0.15) is 5.56 Å². The third-order valence-electron chi connectivity index (χ3n) is 3.34. The minimum absolute atomic E-state index is 0.269. The molecule has 0 amide bonds. The number of hydrogen-bond donors (Lipinski definition) is 3. The zero-order chi connectivity index (χ0) is 18.7. The number of nitrogens with one attached hydrogen (secondary N) is 3. The molecule has 3 N–H and O–H groups in total. The average molecular weight is 397 g/mol. The first-order valence-corrected chi connectivity index (χ1v) is 10.6. The minimum atomic E-state index is -3.42. The number of sulfonamides is 1. The maximum atomic E-state index is 12.0. The zero-order valence-corrected chi connectivity index (χ0v) is 16.3. The number of guanidine groups is 1. The first-order chi connectivity index (χ1) is 12.6. The Hall–Kier alpha value is -1.94. The SMILES string of the molecule is CN=C(NCCNS(=O)(=O)c1cccs1)NCCOCc1ccccc1. The van der Waals surface area contributed by atoms with E-state index >= 15 is 0 Å². The minimum Gasteiger partial charge on any atom is -0.375 e. The molecule has 142 valence electrons. The Labute approximate surface area is 158 Å². The standard InChI is InChI=1S/C17H24N4O3S2/c1-18-17(20-11-12-24-14-15-6-3-2-4-7-15)19-9-10-21-26(22,23)16-8-5-13-25-16/h2-8,13,21H,9-12,14H2,1H3,(H2,18,19,20). The van der Waals surface area contributed by atoms with Crippen LogP contribution in [0, 0.1) is 0 Å². The van der Waals surface area contributed by atoms with E-state index < -0.39 is 10.0 Å². The van der Waals surface area contributed by atoms with E-state index in [1.807, 2.05) is 30.3 Å². The number of benzene rings is 1. The number of rotatable bonds is 10. The van der Waals surface area contributed by atoms with Gasteiger partial charge in [0.1, 0.15) is 4.21 Å². The molecule has 0 bridgehead atoms. The fourth-order valence-corrected chi connectivity index (χ4v) is 4.15. The highest BCUT2D eigenvalue weighted by Crippen LogP contribution is 2.14. The van der Waals surface area contributed by atoms with Gasteiger partial charge in [0, 0.05) is 26.7 Å². The van der Waals surface area contributed by atoms with Gasteiger partial charge in [0.15, 0.2) is 5.96 Å². The number of thiophene rings is 1. The van der Waals surface area contributed by atoms with Crippen LogP contribution in [0.2, 0.25) is 0 Å². The van der Waals surface area contributed by atoms with Crippen LogP contribution in [0.25, 0.3) is 0 Å². The summed E-state index contributed by atoms with van der Waals surface area (Å²) < 4.78 is 32.4. The summed E-state index contributed by atoms with van der Waals surface area (Å²) in [7, 11) is -1.76. The summed E-state index contributed by atoms with van der Waals surface area (Å²) in [6, 6.07) is 13.3. The van der Waals surface area contributed by atoms with Crippen molar-refractivity contribution in [2.45, 2.75) is 10.8 Å². The van der Waals surface area contributed by atoms with E-state index in [4.69, 9.17) is 4.74 Å². The molecule has 0 unspecified atom stereocenters. The van der Waals surface area contributed by atoms with Crippen molar-refractivity contribution in [1.82, 2.24) is 15.4 Å². The van der Waals surface area contributed by atoms with E-state index in [2.05, 4.69) is 20.3 Å². The molecule has 0 saturated carbocycles. The monoisotopic (exact) mass is 396 g/mol. The van der Waals surface area contributed by atoms with Crippen molar-refractivity contribution in [2.24, 2.45) is 4.99 Å². The fourth-order valence-electron chi connectivity index (χ4n) is 2.08. The molecule has 2 aromatic rings. The summed E-state index contributed by atoms with van der Waals surface area (Å²) in [5, 5.41) is 7.91. The first kappa shape index (κ1) is 20.4. The summed E-state index contributed by atoms with van der Waals surface area (Å²) in [6.45, 7) is 2.41. The molecule has 0 atom stereocenters. The quantitative estimate of drug-likeness (QED) is 0.321. The van der Waals surface area contributed by atoms with Gasteiger partial charge in [0.2, 0.25) is 10.0 Å². The number of ether oxygens (including phenoxy) is 1. The second-order valence-electron chi connectivity index (χ2n) is 5.29. The van der Waals surface area contributed by atoms with Crippen LogP contribution in [0.5, 0.6) is 0 Å². The third kappa shape index (κ3) is 7.12. The van der Waals surface area contributed by atoms with Crippen LogP contribution in [0.15, 0.2) is 57.0 Å². The van der Waals surface area contributed by atoms with E-state index in [0.717, 1.165) is 5.56 Å². The summed E-state index contributed by atoms with van der Waals surface area (Å²) in [4.78, 5) is 4.09. The molecule has 0 fully saturated rings. The van der Waals surface area contributed by atoms with E-state index in [1.54, 1.807) is 24.6 Å². The van der Waals surface area contributed by atoms with Gasteiger partial charge in [-0.2, -0.15) is 0 Å². The summed E-state index contributed by atoms with van der Waals surface area (Å²) in [5.41, 5.74) is 1.13. The van der Waals surface area contributed by atoms with Crippen LogP contribution >= 0.6 is 11.3 Å². The van der Waals surface area contributed by atoms with E-state index in [0.29, 0.717) is 36.5 Å². The normalized spacial score (nSPS) is 12.1. The molecule has 0 aliphatic carbocycles. The number of aliphatic imine (C=N–C) groups is 1. The average Bonchev–Trinajstić information content (AvgIpc) is 3.20. The smallest absolute Gasteiger partial charge is 0.250 e. The highest BCUT2D eigenvalue weighted by Gasteiger charge is 2.13. The molecule has 2 rings (SSSR count). The van der Waals surface area contributed by atoms with Gasteiger partial charge < -0.3 is 15.4 Å². The summed E-state index contributed by atoms with van der Waals surface area (Å²) in [6.07, 6.45) is 0. The van der Waals surface area contributed by atoms with Crippen LogP contribution in [0.4, 0.5) is 0 Å². The molecular weight excluding hydrogens is 372 g/mol. The topological polar surface area (TPSA) is 91.8 Å². The molecule has 1 aromatic heterocycles. The predicted molar refractivity (Wildman–Crippen MR) is 105 cm³/mol. The zero-order valence-electron chi connectivity index (χ0n) is 14.6. The van der Waals surface area contributed by atoms with Crippen LogP contribution in [-0.2, 0) is 21.4 Å². The van der Waals surface area contributed by atoms with Crippen LogP contribution < -0.4 is 15.4 Å². The van der Waals surface area contributed by atoms with Crippen molar-refractivity contribution in [3.8, 4) is 0 Å². The second kappa shape index (κ2) is 10.9. The highest BCUT2D eigenvalue weighted by atomic mass is 32.2. The molecule has 26 heavy (non-hydrogen) atoms. The van der Waals surface area contributed by atoms with Gasteiger partial charge in [-0.3, -0.25) is 4.99 Å². The van der Waals surface area contributed by atoms with Crippen molar-refractivity contribution >= 4 is 27.3 Å². The largest absolute Gasteiger partial charge is 0.375 e. The molecule has 9 heteroatoms.